The quantitative estimate of drug-likeness (QED) is 0.580. The Hall–Kier alpha value is -3.66. The first-order chi connectivity index (χ1) is 13.0. The van der Waals surface area contributed by atoms with Gasteiger partial charge in [0.05, 0.1) is 11.3 Å². The normalized spacial score (nSPS) is 10.3. The van der Waals surface area contributed by atoms with Crippen LogP contribution < -0.4 is 16.4 Å². The van der Waals surface area contributed by atoms with Gasteiger partial charge in [-0.15, -0.1) is 0 Å². The monoisotopic (exact) mass is 359 g/mol. The van der Waals surface area contributed by atoms with E-state index in [9.17, 15) is 0 Å². The lowest BCUT2D eigenvalue weighted by molar-refractivity contribution is 1.04. The van der Waals surface area contributed by atoms with Crippen molar-refractivity contribution in [2.45, 2.75) is 13.8 Å². The molecule has 0 amide bonds. The maximum Gasteiger partial charge on any atom is 0.222 e. The second kappa shape index (κ2) is 8.15. The van der Waals surface area contributed by atoms with Crippen molar-refractivity contribution in [1.82, 2.24) is 15.0 Å². The molecule has 0 fully saturated rings. The number of pyridine rings is 1. The average Bonchev–Trinajstić information content (AvgIpc) is 2.64. The summed E-state index contributed by atoms with van der Waals surface area (Å²) in [6.45, 7) is 5.39. The van der Waals surface area contributed by atoms with Gasteiger partial charge < -0.3 is 16.4 Å². The fourth-order valence-electron chi connectivity index (χ4n) is 2.77. The van der Waals surface area contributed by atoms with E-state index in [0.29, 0.717) is 30.3 Å². The number of aromatic nitrogens is 3. The first-order valence-corrected chi connectivity index (χ1v) is 8.60. The highest BCUT2D eigenvalue weighted by atomic mass is 15.1. The highest BCUT2D eigenvalue weighted by Crippen LogP contribution is 2.23. The van der Waals surface area contributed by atoms with E-state index in [1.165, 1.54) is 17.3 Å². The van der Waals surface area contributed by atoms with Crippen LogP contribution in [0.2, 0.25) is 0 Å². The molecule has 0 radical (unpaired) electrons. The van der Waals surface area contributed by atoms with Gasteiger partial charge in [0.1, 0.15) is 17.7 Å². The van der Waals surface area contributed by atoms with Crippen LogP contribution in [0.5, 0.6) is 0 Å². The van der Waals surface area contributed by atoms with Gasteiger partial charge in [-0.3, -0.25) is 0 Å². The molecule has 0 aliphatic carbocycles. The molecule has 3 aromatic rings. The second-order valence-electron chi connectivity index (χ2n) is 6.27. The fourth-order valence-corrected chi connectivity index (χ4v) is 2.77. The Morgan fingerprint density at radius 1 is 0.963 bits per heavy atom. The number of nitrogens with one attached hydrogen (secondary N) is 2. The van der Waals surface area contributed by atoms with Crippen LogP contribution in [0, 0.1) is 25.2 Å². The van der Waals surface area contributed by atoms with Crippen LogP contribution >= 0.6 is 0 Å². The Labute approximate surface area is 158 Å². The summed E-state index contributed by atoms with van der Waals surface area (Å²) in [5.74, 6) is 1.62. The largest absolute Gasteiger partial charge is 0.368 e. The molecule has 0 aliphatic rings. The second-order valence-corrected chi connectivity index (χ2v) is 6.27. The van der Waals surface area contributed by atoms with Crippen LogP contribution in [-0.4, -0.2) is 28.0 Å². The summed E-state index contributed by atoms with van der Waals surface area (Å²) in [5.41, 5.74) is 10.6. The van der Waals surface area contributed by atoms with E-state index in [4.69, 9.17) is 11.0 Å². The zero-order valence-electron chi connectivity index (χ0n) is 15.3. The molecule has 7 heteroatoms. The first kappa shape index (κ1) is 18.1. The summed E-state index contributed by atoms with van der Waals surface area (Å²) in [4.78, 5) is 12.8. The van der Waals surface area contributed by atoms with Crippen LogP contribution in [0.25, 0.3) is 11.3 Å². The third-order valence-electron chi connectivity index (χ3n) is 3.89. The van der Waals surface area contributed by atoms with Gasteiger partial charge in [-0.05, 0) is 38.1 Å². The van der Waals surface area contributed by atoms with Gasteiger partial charge in [0.25, 0.3) is 0 Å². The third kappa shape index (κ3) is 4.92. The molecule has 3 rings (SSSR count). The maximum absolute atomic E-state index is 8.78. The van der Waals surface area contributed by atoms with E-state index in [2.05, 4.69) is 57.6 Å². The van der Waals surface area contributed by atoms with Crippen molar-refractivity contribution in [2.24, 2.45) is 0 Å². The predicted octanol–water partition coefficient (Wildman–Crippen LogP) is 3.13. The van der Waals surface area contributed by atoms with Crippen molar-refractivity contribution in [2.75, 3.05) is 29.5 Å². The molecule has 0 saturated heterocycles. The molecular formula is C20H21N7. The number of hydrogen-bond acceptors (Lipinski definition) is 7. The summed E-state index contributed by atoms with van der Waals surface area (Å²) in [6, 6.07) is 13.7. The number of nitrogens with zero attached hydrogens (tertiary/aromatic N) is 4. The maximum atomic E-state index is 8.78. The van der Waals surface area contributed by atoms with Crippen LogP contribution in [0.4, 0.5) is 17.6 Å². The molecule has 0 atom stereocenters. The summed E-state index contributed by atoms with van der Waals surface area (Å²) >= 11 is 0. The number of anilines is 3. The Kier molecular flexibility index (Phi) is 5.47. The number of rotatable bonds is 6. The lowest BCUT2D eigenvalue weighted by atomic mass is 10.0. The van der Waals surface area contributed by atoms with Crippen molar-refractivity contribution in [3.63, 3.8) is 0 Å². The molecule has 2 heterocycles. The van der Waals surface area contributed by atoms with Crippen molar-refractivity contribution < 1.29 is 0 Å². The van der Waals surface area contributed by atoms with Crippen molar-refractivity contribution >= 4 is 17.6 Å². The SMILES string of the molecule is Cc1cc(C)cc(-c2cc(NCCNc3ccc(C#N)cn3)nc(N)n2)c1. The number of nitriles is 1. The molecule has 136 valence electrons. The van der Waals surface area contributed by atoms with E-state index < -0.39 is 0 Å². The van der Waals surface area contributed by atoms with E-state index in [-0.39, 0.29) is 5.95 Å². The van der Waals surface area contributed by atoms with Crippen LogP contribution in [0.15, 0.2) is 42.6 Å². The smallest absolute Gasteiger partial charge is 0.222 e. The van der Waals surface area contributed by atoms with Gasteiger partial charge in [-0.25, -0.2) is 9.97 Å². The van der Waals surface area contributed by atoms with Gasteiger partial charge in [0.15, 0.2) is 0 Å². The van der Waals surface area contributed by atoms with E-state index in [0.717, 1.165) is 11.3 Å². The van der Waals surface area contributed by atoms with Crippen LogP contribution in [-0.2, 0) is 0 Å². The highest BCUT2D eigenvalue weighted by Gasteiger charge is 2.06. The molecule has 4 N–H and O–H groups in total. The van der Waals surface area contributed by atoms with Gasteiger partial charge in [0, 0.05) is 30.9 Å². The number of nitrogens with two attached hydrogens (primary N) is 1. The molecule has 7 nitrogen and oxygen atoms in total. The molecule has 0 saturated carbocycles. The summed E-state index contributed by atoms with van der Waals surface area (Å²) < 4.78 is 0. The zero-order chi connectivity index (χ0) is 19.2. The highest BCUT2D eigenvalue weighted by molar-refractivity contribution is 5.65. The summed E-state index contributed by atoms with van der Waals surface area (Å²) in [6.07, 6.45) is 1.54. The summed E-state index contributed by atoms with van der Waals surface area (Å²) in [5, 5.41) is 15.2. The minimum atomic E-state index is 0.232. The number of benzene rings is 1. The van der Waals surface area contributed by atoms with Crippen molar-refractivity contribution in [1.29, 1.82) is 5.26 Å². The molecule has 2 aromatic heterocycles. The first-order valence-electron chi connectivity index (χ1n) is 8.60. The van der Waals surface area contributed by atoms with Gasteiger partial charge >= 0.3 is 0 Å². The van der Waals surface area contributed by atoms with Gasteiger partial charge in [0.2, 0.25) is 5.95 Å². The minimum absolute atomic E-state index is 0.232. The van der Waals surface area contributed by atoms with Crippen LogP contribution in [0.1, 0.15) is 16.7 Å². The molecular weight excluding hydrogens is 338 g/mol. The molecule has 0 aliphatic heterocycles. The molecule has 1 aromatic carbocycles. The Morgan fingerprint density at radius 2 is 1.67 bits per heavy atom. The molecule has 0 unspecified atom stereocenters. The van der Waals surface area contributed by atoms with E-state index in [1.807, 2.05) is 12.1 Å². The van der Waals surface area contributed by atoms with Crippen molar-refractivity contribution in [3.8, 4) is 17.3 Å². The minimum Gasteiger partial charge on any atom is -0.368 e. The number of aryl methyl sites for hydroxylation is 2. The number of nitrogen functional groups attached to an aromatic ring is 1. The Bertz CT molecular complexity index is 954. The van der Waals surface area contributed by atoms with Gasteiger partial charge in [-0.1, -0.05) is 17.2 Å². The van der Waals surface area contributed by atoms with Crippen molar-refractivity contribution in [3.05, 3.63) is 59.3 Å². The lowest BCUT2D eigenvalue weighted by Crippen LogP contribution is -2.15. The topological polar surface area (TPSA) is 113 Å². The van der Waals surface area contributed by atoms with Gasteiger partial charge in [-0.2, -0.15) is 10.2 Å². The van der Waals surface area contributed by atoms with E-state index in [1.54, 1.807) is 12.1 Å². The Morgan fingerprint density at radius 3 is 2.30 bits per heavy atom. The average molecular weight is 359 g/mol. The zero-order valence-corrected chi connectivity index (χ0v) is 15.3. The van der Waals surface area contributed by atoms with Crippen LogP contribution in [0.3, 0.4) is 0 Å². The standard InChI is InChI=1S/C20H21N7/c1-13-7-14(2)9-16(8-13)17-10-19(27-20(22)26-17)24-6-5-23-18-4-3-15(11-21)12-25-18/h3-4,7-10,12H,5-6H2,1-2H3,(H,23,25)(H3,22,24,26,27). The predicted molar refractivity (Wildman–Crippen MR) is 107 cm³/mol. The van der Waals surface area contributed by atoms with E-state index >= 15 is 0 Å². The summed E-state index contributed by atoms with van der Waals surface area (Å²) in [7, 11) is 0. The fraction of sp³-hybridized carbons (Fsp3) is 0.200. The molecule has 0 spiro atoms. The third-order valence-corrected chi connectivity index (χ3v) is 3.89. The lowest BCUT2D eigenvalue weighted by Gasteiger charge is -2.10. The Balaban J connectivity index is 1.63. The molecule has 27 heavy (non-hydrogen) atoms. The number of hydrogen-bond donors (Lipinski definition) is 3. The molecule has 0 bridgehead atoms.